The molecule has 1 aromatic rings. The van der Waals surface area contributed by atoms with Crippen molar-refractivity contribution in [2.24, 2.45) is 0 Å². The Kier molecular flexibility index (Phi) is 6.62. The number of alkyl halides is 3. The maximum Gasteiger partial charge on any atom is 0.417 e. The first kappa shape index (κ1) is 22.8. The van der Waals surface area contributed by atoms with Crippen LogP contribution in [0.2, 0.25) is 0 Å². The number of nitrogens with zero attached hydrogens (tertiary/aromatic N) is 5. The molecule has 1 aromatic heterocycles. The predicted molar refractivity (Wildman–Crippen MR) is 110 cm³/mol. The van der Waals surface area contributed by atoms with E-state index in [0.29, 0.717) is 32.0 Å². The van der Waals surface area contributed by atoms with Gasteiger partial charge in [-0.3, -0.25) is 14.6 Å². The predicted octanol–water partition coefficient (Wildman–Crippen LogP) is 2.55. The second-order valence-corrected chi connectivity index (χ2v) is 9.21. The summed E-state index contributed by atoms with van der Waals surface area (Å²) in [5.41, 5.74) is -0.623. The van der Waals surface area contributed by atoms with Gasteiger partial charge in [0.1, 0.15) is 5.82 Å². The van der Waals surface area contributed by atoms with Gasteiger partial charge >= 0.3 is 6.18 Å². The number of carbonyl (C=O) groups is 1. The fraction of sp³-hybridized carbons (Fsp3) is 0.714. The standard InChI is InChI=1S/C21H32F3N5O/c1-16-14-28(18-6-5-17(13-25-18)21(22,23)24)8-7-27(16)15-19(30)26-9-11-29(12-10-26)20(2,3)4/h5-6,13,16H,7-12,14-15H2,1-4H3. The van der Waals surface area contributed by atoms with Crippen molar-refractivity contribution in [3.63, 3.8) is 0 Å². The van der Waals surface area contributed by atoms with Gasteiger partial charge in [-0.25, -0.2) is 4.98 Å². The molecule has 2 aliphatic rings. The lowest BCUT2D eigenvalue weighted by molar-refractivity contribution is -0.138. The molecule has 1 amide bonds. The van der Waals surface area contributed by atoms with Gasteiger partial charge in [0.05, 0.1) is 12.1 Å². The third-order valence-electron chi connectivity index (χ3n) is 6.08. The van der Waals surface area contributed by atoms with E-state index in [9.17, 15) is 18.0 Å². The highest BCUT2D eigenvalue weighted by Gasteiger charge is 2.33. The number of piperazine rings is 2. The van der Waals surface area contributed by atoms with Crippen molar-refractivity contribution < 1.29 is 18.0 Å². The van der Waals surface area contributed by atoms with Crippen LogP contribution in [-0.4, -0.2) is 89.5 Å². The number of hydrogen-bond acceptors (Lipinski definition) is 5. The Hall–Kier alpha value is -1.87. The molecule has 0 saturated carbocycles. The van der Waals surface area contributed by atoms with E-state index in [2.05, 4.69) is 35.6 Å². The van der Waals surface area contributed by atoms with Gasteiger partial charge in [-0.1, -0.05) is 0 Å². The molecule has 0 aliphatic carbocycles. The molecule has 6 nitrogen and oxygen atoms in total. The second kappa shape index (κ2) is 8.70. The average molecular weight is 428 g/mol. The molecule has 168 valence electrons. The van der Waals surface area contributed by atoms with E-state index in [4.69, 9.17) is 0 Å². The summed E-state index contributed by atoms with van der Waals surface area (Å²) in [4.78, 5) is 25.3. The van der Waals surface area contributed by atoms with Gasteiger partial charge in [-0.2, -0.15) is 13.2 Å². The van der Waals surface area contributed by atoms with E-state index >= 15 is 0 Å². The number of pyridine rings is 1. The Labute approximate surface area is 176 Å². The third kappa shape index (κ3) is 5.43. The van der Waals surface area contributed by atoms with E-state index in [1.807, 2.05) is 16.7 Å². The molecule has 9 heteroatoms. The molecule has 30 heavy (non-hydrogen) atoms. The highest BCUT2D eigenvalue weighted by molar-refractivity contribution is 5.78. The Bertz CT molecular complexity index is 724. The van der Waals surface area contributed by atoms with Gasteiger partial charge in [-0.05, 0) is 39.8 Å². The van der Waals surface area contributed by atoms with Crippen molar-refractivity contribution in [2.45, 2.75) is 45.5 Å². The molecule has 0 bridgehead atoms. The highest BCUT2D eigenvalue weighted by Crippen LogP contribution is 2.29. The Balaban J connectivity index is 1.50. The number of hydrogen-bond donors (Lipinski definition) is 0. The van der Waals surface area contributed by atoms with Crippen LogP contribution in [0.5, 0.6) is 0 Å². The lowest BCUT2D eigenvalue weighted by Crippen LogP contribution is -2.58. The van der Waals surface area contributed by atoms with Crippen LogP contribution in [0.4, 0.5) is 19.0 Å². The number of aromatic nitrogens is 1. The Morgan fingerprint density at radius 2 is 1.73 bits per heavy atom. The number of anilines is 1. The monoisotopic (exact) mass is 427 g/mol. The number of amides is 1. The number of carbonyl (C=O) groups excluding carboxylic acids is 1. The summed E-state index contributed by atoms with van der Waals surface area (Å²) in [5, 5.41) is 0. The molecule has 2 aliphatic heterocycles. The summed E-state index contributed by atoms with van der Waals surface area (Å²) in [7, 11) is 0. The van der Waals surface area contributed by atoms with Crippen LogP contribution in [0, 0.1) is 0 Å². The lowest BCUT2D eigenvalue weighted by atomic mass is 10.0. The summed E-state index contributed by atoms with van der Waals surface area (Å²) in [6.45, 7) is 14.2. The topological polar surface area (TPSA) is 42.9 Å². The first-order chi connectivity index (χ1) is 13.9. The van der Waals surface area contributed by atoms with E-state index in [0.717, 1.165) is 38.4 Å². The Morgan fingerprint density at radius 3 is 2.23 bits per heavy atom. The van der Waals surface area contributed by atoms with Crippen molar-refractivity contribution in [1.29, 1.82) is 0 Å². The zero-order chi connectivity index (χ0) is 22.1. The van der Waals surface area contributed by atoms with Crippen molar-refractivity contribution in [3.05, 3.63) is 23.9 Å². The number of halogens is 3. The minimum Gasteiger partial charge on any atom is -0.354 e. The number of rotatable bonds is 3. The quantitative estimate of drug-likeness (QED) is 0.742. The molecule has 1 atom stereocenters. The van der Waals surface area contributed by atoms with Gasteiger partial charge in [-0.15, -0.1) is 0 Å². The zero-order valence-electron chi connectivity index (χ0n) is 18.2. The summed E-state index contributed by atoms with van der Waals surface area (Å²) >= 11 is 0. The van der Waals surface area contributed by atoms with Gasteiger partial charge in [0.15, 0.2) is 0 Å². The van der Waals surface area contributed by atoms with Gasteiger partial charge in [0, 0.05) is 63.6 Å². The van der Waals surface area contributed by atoms with Crippen LogP contribution in [0.1, 0.15) is 33.3 Å². The third-order valence-corrected chi connectivity index (χ3v) is 6.08. The molecule has 0 N–H and O–H groups in total. The summed E-state index contributed by atoms with van der Waals surface area (Å²) in [5.74, 6) is 0.690. The first-order valence-electron chi connectivity index (χ1n) is 10.5. The van der Waals surface area contributed by atoms with Gasteiger partial charge < -0.3 is 9.80 Å². The maximum absolute atomic E-state index is 12.8. The maximum atomic E-state index is 12.8. The van der Waals surface area contributed by atoms with Crippen LogP contribution < -0.4 is 4.90 Å². The molecular weight excluding hydrogens is 395 g/mol. The fourth-order valence-electron chi connectivity index (χ4n) is 4.08. The second-order valence-electron chi connectivity index (χ2n) is 9.21. The SMILES string of the molecule is CC1CN(c2ccc(C(F)(F)F)cn2)CCN1CC(=O)N1CCN(C(C)(C)C)CC1. The van der Waals surface area contributed by atoms with E-state index < -0.39 is 11.7 Å². The van der Waals surface area contributed by atoms with Crippen molar-refractivity contribution in [3.8, 4) is 0 Å². The smallest absolute Gasteiger partial charge is 0.354 e. The highest BCUT2D eigenvalue weighted by atomic mass is 19.4. The lowest BCUT2D eigenvalue weighted by Gasteiger charge is -2.44. The fourth-order valence-corrected chi connectivity index (χ4v) is 4.08. The zero-order valence-corrected chi connectivity index (χ0v) is 18.2. The van der Waals surface area contributed by atoms with Gasteiger partial charge in [0.25, 0.3) is 0 Å². The Morgan fingerprint density at radius 1 is 1.07 bits per heavy atom. The first-order valence-corrected chi connectivity index (χ1v) is 10.5. The molecule has 0 spiro atoms. The van der Waals surface area contributed by atoms with Crippen LogP contribution in [-0.2, 0) is 11.0 Å². The molecule has 3 rings (SSSR count). The van der Waals surface area contributed by atoms with Gasteiger partial charge in [0.2, 0.25) is 5.91 Å². The van der Waals surface area contributed by atoms with E-state index in [1.165, 1.54) is 6.07 Å². The van der Waals surface area contributed by atoms with Crippen LogP contribution in [0.15, 0.2) is 18.3 Å². The minimum atomic E-state index is -4.38. The molecule has 1 unspecified atom stereocenters. The summed E-state index contributed by atoms with van der Waals surface area (Å²) < 4.78 is 38.2. The van der Waals surface area contributed by atoms with Crippen molar-refractivity contribution in [1.82, 2.24) is 19.7 Å². The largest absolute Gasteiger partial charge is 0.417 e. The summed E-state index contributed by atoms with van der Waals surface area (Å²) in [6.07, 6.45) is -3.50. The normalized spacial score (nSPS) is 22.4. The molecule has 0 aromatic carbocycles. The average Bonchev–Trinajstić information content (AvgIpc) is 2.68. The molecule has 2 saturated heterocycles. The van der Waals surface area contributed by atoms with Crippen molar-refractivity contribution in [2.75, 3.05) is 57.3 Å². The molecule has 0 radical (unpaired) electrons. The summed E-state index contributed by atoms with van der Waals surface area (Å²) in [6, 6.07) is 2.60. The van der Waals surface area contributed by atoms with Crippen molar-refractivity contribution >= 4 is 11.7 Å². The van der Waals surface area contributed by atoms with E-state index in [1.54, 1.807) is 0 Å². The molecular formula is C21H32F3N5O. The van der Waals surface area contributed by atoms with E-state index in [-0.39, 0.29) is 17.5 Å². The van der Waals surface area contributed by atoms with Crippen LogP contribution in [0.25, 0.3) is 0 Å². The van der Waals surface area contributed by atoms with Crippen LogP contribution in [0.3, 0.4) is 0 Å². The molecule has 2 fully saturated rings. The molecule has 3 heterocycles. The minimum absolute atomic E-state index is 0.114. The van der Waals surface area contributed by atoms with Crippen LogP contribution >= 0.6 is 0 Å².